The summed E-state index contributed by atoms with van der Waals surface area (Å²) < 4.78 is 11.6. The van der Waals surface area contributed by atoms with E-state index in [0.29, 0.717) is 12.6 Å². The van der Waals surface area contributed by atoms with E-state index in [1.807, 2.05) is 0 Å². The molecule has 2 aliphatic heterocycles. The summed E-state index contributed by atoms with van der Waals surface area (Å²) in [6.07, 6.45) is 5.91. The summed E-state index contributed by atoms with van der Waals surface area (Å²) in [5, 5.41) is 17.7. The second kappa shape index (κ2) is 9.12. The summed E-state index contributed by atoms with van der Waals surface area (Å²) in [7, 11) is 0. The van der Waals surface area contributed by atoms with Crippen molar-refractivity contribution in [2.75, 3.05) is 19.6 Å². The summed E-state index contributed by atoms with van der Waals surface area (Å²) in [5.74, 6) is 0.950. The van der Waals surface area contributed by atoms with E-state index >= 15 is 0 Å². The molecule has 1 aromatic heterocycles. The van der Waals surface area contributed by atoms with E-state index < -0.39 is 0 Å². The van der Waals surface area contributed by atoms with Crippen LogP contribution in [0.2, 0.25) is 0 Å². The Hall–Kier alpha value is -0.950. The first-order valence-corrected chi connectivity index (χ1v) is 9.84. The highest BCUT2D eigenvalue weighted by Gasteiger charge is 2.30. The Bertz CT molecular complexity index is 514. The molecular formula is C19H33N3O3. The number of likely N-dealkylation sites (tertiary alicyclic amines) is 1. The van der Waals surface area contributed by atoms with Gasteiger partial charge in [0.1, 0.15) is 0 Å². The van der Waals surface area contributed by atoms with Crippen LogP contribution in [0.4, 0.5) is 0 Å². The number of aliphatic hydroxyl groups excluding tert-OH is 1. The van der Waals surface area contributed by atoms with E-state index in [1.54, 1.807) is 0 Å². The quantitative estimate of drug-likeness (QED) is 0.784. The molecule has 1 aromatic rings. The minimum atomic E-state index is -0.380. The number of rotatable bonds is 7. The third-order valence-electron chi connectivity index (χ3n) is 5.18. The van der Waals surface area contributed by atoms with Gasteiger partial charge in [-0.15, -0.1) is 0 Å². The van der Waals surface area contributed by atoms with Gasteiger partial charge < -0.3 is 19.7 Å². The average Bonchev–Trinajstić information content (AvgIpc) is 3.03. The Morgan fingerprint density at radius 1 is 1.28 bits per heavy atom. The zero-order chi connectivity index (χ0) is 17.6. The standard InChI is InChI=1S/C19H33N3O3/c1-14(2)20-12-19-18(23)7-6-16(24-19)10-15-11-17(25-21-15)13-22-8-4-3-5-9-22/h11,14,16,18-20,23H,3-10,12-13H2,1-2H3/t16-,18-,19+/m0/s1. The molecule has 3 atom stereocenters. The number of ether oxygens (including phenoxy) is 1. The Balaban J connectivity index is 1.48. The van der Waals surface area contributed by atoms with Gasteiger partial charge in [-0.05, 0) is 38.8 Å². The fourth-order valence-electron chi connectivity index (χ4n) is 3.73. The number of nitrogens with one attached hydrogen (secondary N) is 1. The lowest BCUT2D eigenvalue weighted by atomic mass is 9.98. The molecule has 25 heavy (non-hydrogen) atoms. The van der Waals surface area contributed by atoms with Crippen LogP contribution in [0.15, 0.2) is 10.6 Å². The van der Waals surface area contributed by atoms with Gasteiger partial charge in [0.15, 0.2) is 5.76 Å². The van der Waals surface area contributed by atoms with Crippen LogP contribution in [0.1, 0.15) is 57.4 Å². The summed E-state index contributed by atoms with van der Waals surface area (Å²) in [4.78, 5) is 2.44. The van der Waals surface area contributed by atoms with Gasteiger partial charge in [-0.1, -0.05) is 25.4 Å². The van der Waals surface area contributed by atoms with Crippen molar-refractivity contribution in [3.63, 3.8) is 0 Å². The first-order valence-electron chi connectivity index (χ1n) is 9.84. The predicted molar refractivity (Wildman–Crippen MR) is 96.4 cm³/mol. The summed E-state index contributed by atoms with van der Waals surface area (Å²) in [6.45, 7) is 8.07. The van der Waals surface area contributed by atoms with Gasteiger partial charge in [-0.2, -0.15) is 0 Å². The van der Waals surface area contributed by atoms with Crippen molar-refractivity contribution in [2.45, 2.75) is 83.3 Å². The van der Waals surface area contributed by atoms with Crippen molar-refractivity contribution in [3.8, 4) is 0 Å². The number of nitrogens with zero attached hydrogens (tertiary/aromatic N) is 2. The van der Waals surface area contributed by atoms with Crippen LogP contribution >= 0.6 is 0 Å². The largest absolute Gasteiger partial charge is 0.390 e. The number of hydrogen-bond acceptors (Lipinski definition) is 6. The van der Waals surface area contributed by atoms with Gasteiger partial charge in [0.05, 0.1) is 30.6 Å². The van der Waals surface area contributed by atoms with Gasteiger partial charge in [-0.25, -0.2) is 0 Å². The first-order chi connectivity index (χ1) is 12.1. The molecule has 142 valence electrons. The zero-order valence-corrected chi connectivity index (χ0v) is 15.6. The van der Waals surface area contributed by atoms with Gasteiger partial charge in [0.25, 0.3) is 0 Å². The molecule has 0 bridgehead atoms. The van der Waals surface area contributed by atoms with Crippen molar-refractivity contribution >= 4 is 0 Å². The smallest absolute Gasteiger partial charge is 0.150 e. The predicted octanol–water partition coefficient (Wildman–Crippen LogP) is 2.11. The topological polar surface area (TPSA) is 70.8 Å². The molecule has 0 aliphatic carbocycles. The highest BCUT2D eigenvalue weighted by atomic mass is 16.5. The van der Waals surface area contributed by atoms with Gasteiger partial charge in [0, 0.05) is 25.1 Å². The van der Waals surface area contributed by atoms with E-state index in [1.165, 1.54) is 19.3 Å². The molecule has 2 saturated heterocycles. The fourth-order valence-corrected chi connectivity index (χ4v) is 3.73. The van der Waals surface area contributed by atoms with Crippen LogP contribution in [0.25, 0.3) is 0 Å². The molecule has 2 fully saturated rings. The van der Waals surface area contributed by atoms with E-state index in [0.717, 1.165) is 50.4 Å². The molecule has 0 saturated carbocycles. The monoisotopic (exact) mass is 351 g/mol. The number of hydrogen-bond donors (Lipinski definition) is 2. The highest BCUT2D eigenvalue weighted by Crippen LogP contribution is 2.23. The Morgan fingerprint density at radius 2 is 2.08 bits per heavy atom. The third-order valence-corrected chi connectivity index (χ3v) is 5.18. The van der Waals surface area contributed by atoms with Crippen LogP contribution in [-0.2, 0) is 17.7 Å². The zero-order valence-electron chi connectivity index (χ0n) is 15.6. The van der Waals surface area contributed by atoms with Crippen molar-refractivity contribution in [1.29, 1.82) is 0 Å². The average molecular weight is 351 g/mol. The molecular weight excluding hydrogens is 318 g/mol. The first kappa shape index (κ1) is 18.8. The lowest BCUT2D eigenvalue weighted by Gasteiger charge is -2.34. The maximum atomic E-state index is 10.1. The molecule has 3 rings (SSSR count). The molecule has 2 N–H and O–H groups in total. The van der Waals surface area contributed by atoms with Gasteiger partial charge >= 0.3 is 0 Å². The Morgan fingerprint density at radius 3 is 2.84 bits per heavy atom. The van der Waals surface area contributed by atoms with Crippen LogP contribution in [0, 0.1) is 0 Å². The maximum absolute atomic E-state index is 10.1. The molecule has 0 spiro atoms. The highest BCUT2D eigenvalue weighted by molar-refractivity contribution is 5.07. The van der Waals surface area contributed by atoms with E-state index in [-0.39, 0.29) is 18.3 Å². The number of aliphatic hydroxyl groups is 1. The Labute approximate surface area is 150 Å². The summed E-state index contributed by atoms with van der Waals surface area (Å²) >= 11 is 0. The molecule has 2 aliphatic rings. The minimum Gasteiger partial charge on any atom is -0.390 e. The van der Waals surface area contributed by atoms with E-state index in [4.69, 9.17) is 9.26 Å². The van der Waals surface area contributed by atoms with Crippen molar-refractivity contribution in [1.82, 2.24) is 15.4 Å². The van der Waals surface area contributed by atoms with Crippen molar-refractivity contribution in [3.05, 3.63) is 17.5 Å². The third kappa shape index (κ3) is 5.78. The normalized spacial score (nSPS) is 28.6. The SMILES string of the molecule is CC(C)NC[C@H]1O[C@H](Cc2cc(CN3CCCCC3)on2)CC[C@@H]1O. The summed E-state index contributed by atoms with van der Waals surface area (Å²) in [5.41, 5.74) is 0.962. The molecule has 0 amide bonds. The van der Waals surface area contributed by atoms with Gasteiger partial charge in [0.2, 0.25) is 0 Å². The number of aromatic nitrogens is 1. The van der Waals surface area contributed by atoms with Crippen LogP contribution in [0.3, 0.4) is 0 Å². The van der Waals surface area contributed by atoms with Crippen LogP contribution in [-0.4, -0.2) is 59.2 Å². The minimum absolute atomic E-state index is 0.107. The fraction of sp³-hybridized carbons (Fsp3) is 0.842. The molecule has 0 aromatic carbocycles. The van der Waals surface area contributed by atoms with Crippen LogP contribution < -0.4 is 5.32 Å². The summed E-state index contributed by atoms with van der Waals surface area (Å²) in [6, 6.07) is 2.47. The van der Waals surface area contributed by atoms with Crippen LogP contribution in [0.5, 0.6) is 0 Å². The molecule has 3 heterocycles. The van der Waals surface area contributed by atoms with Crippen molar-refractivity contribution < 1.29 is 14.4 Å². The number of piperidine rings is 1. The maximum Gasteiger partial charge on any atom is 0.150 e. The second-order valence-electron chi connectivity index (χ2n) is 7.83. The molecule has 0 unspecified atom stereocenters. The lowest BCUT2D eigenvalue weighted by molar-refractivity contribution is -0.115. The van der Waals surface area contributed by atoms with E-state index in [2.05, 4.69) is 35.3 Å². The molecule has 0 radical (unpaired) electrons. The molecule has 6 heteroatoms. The van der Waals surface area contributed by atoms with Crippen molar-refractivity contribution in [2.24, 2.45) is 0 Å². The molecule has 6 nitrogen and oxygen atoms in total. The van der Waals surface area contributed by atoms with E-state index in [9.17, 15) is 5.11 Å². The lowest BCUT2D eigenvalue weighted by Crippen LogP contribution is -2.46. The second-order valence-corrected chi connectivity index (χ2v) is 7.83. The Kier molecular flexibility index (Phi) is 6.87. The van der Waals surface area contributed by atoms with Gasteiger partial charge in [-0.3, -0.25) is 4.90 Å².